The van der Waals surface area contributed by atoms with E-state index in [0.717, 1.165) is 50.2 Å². The predicted molar refractivity (Wildman–Crippen MR) is 94.1 cm³/mol. The lowest BCUT2D eigenvalue weighted by molar-refractivity contribution is -0.139. The van der Waals surface area contributed by atoms with Gasteiger partial charge in [0.2, 0.25) is 5.91 Å². The number of fused-ring (bicyclic) bond motifs is 1. The Kier molecular flexibility index (Phi) is 4.07. The first-order valence-corrected chi connectivity index (χ1v) is 9.04. The molecule has 2 aromatic heterocycles. The molecule has 3 heterocycles. The summed E-state index contributed by atoms with van der Waals surface area (Å²) in [5.74, 6) is 1.08. The number of rotatable bonds is 2. The maximum absolute atomic E-state index is 12.9. The molecule has 1 saturated carbocycles. The molecule has 1 amide bonds. The van der Waals surface area contributed by atoms with E-state index in [1.807, 2.05) is 24.0 Å². The van der Waals surface area contributed by atoms with Crippen LogP contribution in [-0.4, -0.2) is 62.3 Å². The molecule has 0 spiro atoms. The summed E-state index contributed by atoms with van der Waals surface area (Å²) in [6.07, 6.45) is 5.68. The molecule has 0 bridgehead atoms. The summed E-state index contributed by atoms with van der Waals surface area (Å²) in [7, 11) is 0. The monoisotopic (exact) mass is 343 g/mol. The molecule has 2 atom stereocenters. The Labute approximate surface area is 147 Å². The van der Waals surface area contributed by atoms with Crippen molar-refractivity contribution in [3.05, 3.63) is 18.5 Å². The molecule has 2 N–H and O–H groups in total. The molecule has 2 aromatic rings. The van der Waals surface area contributed by atoms with Crippen molar-refractivity contribution < 1.29 is 4.79 Å². The fourth-order valence-corrected chi connectivity index (χ4v) is 4.03. The second-order valence-electron chi connectivity index (χ2n) is 7.44. The van der Waals surface area contributed by atoms with E-state index in [2.05, 4.69) is 20.2 Å². The second-order valence-corrected chi connectivity index (χ2v) is 7.44. The first kappa shape index (κ1) is 16.3. The topological polar surface area (TPSA) is 92.7 Å². The smallest absolute Gasteiger partial charge is 0.227 e. The summed E-state index contributed by atoms with van der Waals surface area (Å²) in [6, 6.07) is 3.87. The van der Waals surface area contributed by atoms with Crippen LogP contribution in [0.15, 0.2) is 18.5 Å². The average Bonchev–Trinajstić information content (AvgIpc) is 3.08. The number of nitrogens with two attached hydrogens (primary N) is 1. The molecule has 8 nitrogen and oxygen atoms in total. The molecule has 2 fully saturated rings. The SMILES string of the molecule is CC1(N)CCCCC1C(=O)N1CCN(c2ccc3nncn3n2)CC1. The number of piperazine rings is 1. The van der Waals surface area contributed by atoms with Crippen LogP contribution in [0, 0.1) is 5.92 Å². The number of amides is 1. The number of hydrogen-bond acceptors (Lipinski definition) is 6. The van der Waals surface area contributed by atoms with Crippen LogP contribution >= 0.6 is 0 Å². The van der Waals surface area contributed by atoms with Crippen molar-refractivity contribution in [2.45, 2.75) is 38.1 Å². The summed E-state index contributed by atoms with van der Waals surface area (Å²) < 4.78 is 1.68. The lowest BCUT2D eigenvalue weighted by Crippen LogP contribution is -2.57. The van der Waals surface area contributed by atoms with Gasteiger partial charge in [-0.05, 0) is 31.9 Å². The van der Waals surface area contributed by atoms with Gasteiger partial charge in [-0.2, -0.15) is 4.52 Å². The van der Waals surface area contributed by atoms with E-state index in [0.29, 0.717) is 13.1 Å². The van der Waals surface area contributed by atoms with Gasteiger partial charge in [-0.15, -0.1) is 15.3 Å². The number of nitrogens with zero attached hydrogens (tertiary/aromatic N) is 6. The van der Waals surface area contributed by atoms with E-state index >= 15 is 0 Å². The van der Waals surface area contributed by atoms with Gasteiger partial charge in [0.1, 0.15) is 12.1 Å². The maximum Gasteiger partial charge on any atom is 0.227 e. The molecule has 2 unspecified atom stereocenters. The van der Waals surface area contributed by atoms with Gasteiger partial charge in [-0.1, -0.05) is 12.8 Å². The van der Waals surface area contributed by atoms with Gasteiger partial charge in [0.25, 0.3) is 0 Å². The van der Waals surface area contributed by atoms with Gasteiger partial charge in [-0.3, -0.25) is 4.79 Å². The van der Waals surface area contributed by atoms with E-state index in [1.165, 1.54) is 0 Å². The molecule has 0 radical (unpaired) electrons. The third-order valence-corrected chi connectivity index (χ3v) is 5.62. The zero-order valence-corrected chi connectivity index (χ0v) is 14.6. The Balaban J connectivity index is 1.41. The lowest BCUT2D eigenvalue weighted by atomic mass is 9.74. The Morgan fingerprint density at radius 2 is 2.04 bits per heavy atom. The van der Waals surface area contributed by atoms with Gasteiger partial charge in [0.15, 0.2) is 5.65 Å². The minimum Gasteiger partial charge on any atom is -0.352 e. The van der Waals surface area contributed by atoms with E-state index < -0.39 is 0 Å². The highest BCUT2D eigenvalue weighted by atomic mass is 16.2. The molecule has 1 aliphatic carbocycles. The summed E-state index contributed by atoms with van der Waals surface area (Å²) in [4.78, 5) is 17.1. The first-order valence-electron chi connectivity index (χ1n) is 9.04. The second kappa shape index (κ2) is 6.25. The normalized spacial score (nSPS) is 27.7. The third kappa shape index (κ3) is 3.06. The average molecular weight is 343 g/mol. The fourth-order valence-electron chi connectivity index (χ4n) is 4.03. The summed E-state index contributed by atoms with van der Waals surface area (Å²) in [6.45, 7) is 5.02. The molecule has 1 aliphatic heterocycles. The van der Waals surface area contributed by atoms with Crippen LogP contribution in [0.2, 0.25) is 0 Å². The van der Waals surface area contributed by atoms with Gasteiger partial charge < -0.3 is 15.5 Å². The van der Waals surface area contributed by atoms with Gasteiger partial charge in [-0.25, -0.2) is 0 Å². The van der Waals surface area contributed by atoms with E-state index in [-0.39, 0.29) is 17.4 Å². The third-order valence-electron chi connectivity index (χ3n) is 5.62. The Morgan fingerprint density at radius 1 is 1.24 bits per heavy atom. The van der Waals surface area contributed by atoms with Crippen molar-refractivity contribution in [2.24, 2.45) is 11.7 Å². The van der Waals surface area contributed by atoms with Crippen LogP contribution in [0.25, 0.3) is 5.65 Å². The van der Waals surface area contributed by atoms with Crippen LogP contribution in [0.3, 0.4) is 0 Å². The zero-order valence-electron chi connectivity index (χ0n) is 14.6. The Hall–Kier alpha value is -2.22. The molecule has 134 valence electrons. The molecule has 0 aromatic carbocycles. The molecule has 2 aliphatic rings. The molecular formula is C17H25N7O. The van der Waals surface area contributed by atoms with Crippen molar-refractivity contribution >= 4 is 17.4 Å². The minimum absolute atomic E-state index is 0.0423. The number of carbonyl (C=O) groups is 1. The molecule has 8 heteroatoms. The quantitative estimate of drug-likeness (QED) is 0.862. The van der Waals surface area contributed by atoms with Crippen LogP contribution < -0.4 is 10.6 Å². The summed E-state index contributed by atoms with van der Waals surface area (Å²) in [5.41, 5.74) is 6.77. The number of aromatic nitrogens is 4. The van der Waals surface area contributed by atoms with Crippen LogP contribution in [0.5, 0.6) is 0 Å². The van der Waals surface area contributed by atoms with Crippen molar-refractivity contribution in [3.63, 3.8) is 0 Å². The van der Waals surface area contributed by atoms with Crippen LogP contribution in [0.4, 0.5) is 5.82 Å². The van der Waals surface area contributed by atoms with Crippen LogP contribution in [-0.2, 0) is 4.79 Å². The Morgan fingerprint density at radius 3 is 2.80 bits per heavy atom. The summed E-state index contributed by atoms with van der Waals surface area (Å²) in [5, 5.41) is 12.4. The van der Waals surface area contributed by atoms with Crippen LogP contribution in [0.1, 0.15) is 32.6 Å². The maximum atomic E-state index is 12.9. The lowest BCUT2D eigenvalue weighted by Gasteiger charge is -2.42. The highest BCUT2D eigenvalue weighted by Gasteiger charge is 2.40. The molecule has 1 saturated heterocycles. The van der Waals surface area contributed by atoms with Crippen molar-refractivity contribution in [2.75, 3.05) is 31.1 Å². The Bertz CT molecular complexity index is 763. The molecule has 25 heavy (non-hydrogen) atoms. The highest BCUT2D eigenvalue weighted by Crippen LogP contribution is 2.33. The van der Waals surface area contributed by atoms with E-state index in [1.54, 1.807) is 10.8 Å². The number of hydrogen-bond donors (Lipinski definition) is 1. The van der Waals surface area contributed by atoms with E-state index in [9.17, 15) is 4.79 Å². The largest absolute Gasteiger partial charge is 0.352 e. The van der Waals surface area contributed by atoms with E-state index in [4.69, 9.17) is 5.73 Å². The highest BCUT2D eigenvalue weighted by molar-refractivity contribution is 5.80. The fraction of sp³-hybridized carbons (Fsp3) is 0.647. The molecule has 4 rings (SSSR count). The van der Waals surface area contributed by atoms with Crippen molar-refractivity contribution in [1.29, 1.82) is 0 Å². The first-order chi connectivity index (χ1) is 12.0. The number of carbonyl (C=O) groups excluding carboxylic acids is 1. The zero-order chi connectivity index (χ0) is 17.4. The predicted octanol–water partition coefficient (Wildman–Crippen LogP) is 0.681. The van der Waals surface area contributed by atoms with Crippen molar-refractivity contribution in [1.82, 2.24) is 24.7 Å². The number of anilines is 1. The van der Waals surface area contributed by atoms with Crippen molar-refractivity contribution in [3.8, 4) is 0 Å². The minimum atomic E-state index is -0.368. The van der Waals surface area contributed by atoms with Gasteiger partial charge in [0.05, 0.1) is 5.92 Å². The van der Waals surface area contributed by atoms with Gasteiger partial charge >= 0.3 is 0 Å². The standard InChI is InChI=1S/C17H25N7O/c1-17(18)7-3-2-4-13(17)16(25)23-10-8-22(9-11-23)15-6-5-14-20-19-12-24(14)21-15/h5-6,12-13H,2-4,7-11,18H2,1H3. The molecular weight excluding hydrogens is 318 g/mol. The van der Waals surface area contributed by atoms with Gasteiger partial charge in [0, 0.05) is 31.7 Å². The summed E-state index contributed by atoms with van der Waals surface area (Å²) >= 11 is 0.